The highest BCUT2D eigenvalue weighted by atomic mass is 15.0. The SMILES string of the molecule is c1ccc(-c2ccc3c(c2)c2cc(-c4cccc(-n5c6ccccc6c6ccccc65)c4)ccc2n3-c2cccc(-n3c4ccccc4c4ccccc43)c2)cc1. The number of rotatable bonds is 5. The third kappa shape index (κ3) is 4.86. The van der Waals surface area contributed by atoms with Gasteiger partial charge >= 0.3 is 0 Å². The topological polar surface area (TPSA) is 14.8 Å². The molecule has 0 N–H and O–H groups in total. The van der Waals surface area contributed by atoms with E-state index < -0.39 is 0 Å². The second kappa shape index (κ2) is 12.5. The molecule has 0 aliphatic heterocycles. The zero-order chi connectivity index (χ0) is 37.5. The summed E-state index contributed by atoms with van der Waals surface area (Å²) < 4.78 is 7.24. The Morgan fingerprint density at radius 2 is 0.526 bits per heavy atom. The van der Waals surface area contributed by atoms with E-state index in [2.05, 4.69) is 226 Å². The first-order chi connectivity index (χ1) is 28.3. The van der Waals surface area contributed by atoms with Crippen molar-refractivity contribution in [1.82, 2.24) is 13.7 Å². The molecular weight excluding hydrogens is 691 g/mol. The van der Waals surface area contributed by atoms with Gasteiger partial charge in [-0.3, -0.25) is 0 Å². The van der Waals surface area contributed by atoms with Crippen LogP contribution in [-0.2, 0) is 0 Å². The van der Waals surface area contributed by atoms with E-state index in [1.807, 2.05) is 0 Å². The van der Waals surface area contributed by atoms with Gasteiger partial charge in [0.2, 0.25) is 0 Å². The van der Waals surface area contributed by atoms with Gasteiger partial charge in [0.1, 0.15) is 0 Å². The van der Waals surface area contributed by atoms with Crippen LogP contribution in [-0.4, -0.2) is 13.7 Å². The molecule has 0 saturated heterocycles. The Bertz CT molecular complexity index is 3420. The molecule has 9 aromatic carbocycles. The summed E-state index contributed by atoms with van der Waals surface area (Å²) in [6, 6.07) is 77.5. The van der Waals surface area contributed by atoms with Crippen LogP contribution < -0.4 is 0 Å². The lowest BCUT2D eigenvalue weighted by molar-refractivity contribution is 1.13. The Hall–Kier alpha value is -7.62. The molecule has 0 bridgehead atoms. The van der Waals surface area contributed by atoms with Crippen LogP contribution >= 0.6 is 0 Å². The highest BCUT2D eigenvalue weighted by molar-refractivity contribution is 6.13. The quantitative estimate of drug-likeness (QED) is 0.168. The summed E-state index contributed by atoms with van der Waals surface area (Å²) >= 11 is 0. The summed E-state index contributed by atoms with van der Waals surface area (Å²) in [5.74, 6) is 0. The Morgan fingerprint density at radius 3 is 1.00 bits per heavy atom. The van der Waals surface area contributed by atoms with E-state index in [1.54, 1.807) is 0 Å². The fraction of sp³-hybridized carbons (Fsp3) is 0. The number of hydrogen-bond acceptors (Lipinski definition) is 0. The molecule has 0 aliphatic rings. The van der Waals surface area contributed by atoms with Crippen molar-refractivity contribution in [3.63, 3.8) is 0 Å². The Kier molecular flexibility index (Phi) is 6.93. The average molecular weight is 726 g/mol. The second-order valence-corrected chi connectivity index (χ2v) is 15.0. The predicted octanol–water partition coefficient (Wildman–Crippen LogP) is 14.3. The molecule has 12 rings (SSSR count). The lowest BCUT2D eigenvalue weighted by atomic mass is 10.00. The van der Waals surface area contributed by atoms with E-state index >= 15 is 0 Å². The maximum Gasteiger partial charge on any atom is 0.0541 e. The number of para-hydroxylation sites is 4. The van der Waals surface area contributed by atoms with Crippen molar-refractivity contribution in [3.05, 3.63) is 212 Å². The number of nitrogens with zero attached hydrogens (tertiary/aromatic N) is 3. The van der Waals surface area contributed by atoms with Crippen LogP contribution in [0.15, 0.2) is 212 Å². The molecule has 57 heavy (non-hydrogen) atoms. The van der Waals surface area contributed by atoms with Gasteiger partial charge in [-0.05, 0) is 101 Å². The molecule has 3 aromatic heterocycles. The largest absolute Gasteiger partial charge is 0.309 e. The highest BCUT2D eigenvalue weighted by Gasteiger charge is 2.18. The Morgan fingerprint density at radius 1 is 0.193 bits per heavy atom. The van der Waals surface area contributed by atoms with E-state index in [1.165, 1.54) is 87.7 Å². The predicted molar refractivity (Wildman–Crippen MR) is 240 cm³/mol. The van der Waals surface area contributed by atoms with Crippen molar-refractivity contribution in [2.75, 3.05) is 0 Å². The summed E-state index contributed by atoms with van der Waals surface area (Å²) in [6.45, 7) is 0. The highest BCUT2D eigenvalue weighted by Crippen LogP contribution is 2.40. The first-order valence-electron chi connectivity index (χ1n) is 19.6. The third-order valence-corrected chi connectivity index (χ3v) is 11.8. The molecule has 3 heterocycles. The van der Waals surface area contributed by atoms with Gasteiger partial charge in [-0.1, -0.05) is 133 Å². The number of benzene rings is 9. The summed E-state index contributed by atoms with van der Waals surface area (Å²) in [5.41, 5.74) is 15.4. The maximum atomic E-state index is 2.44. The maximum absolute atomic E-state index is 2.44. The van der Waals surface area contributed by atoms with Gasteiger partial charge < -0.3 is 13.7 Å². The van der Waals surface area contributed by atoms with Gasteiger partial charge in [0.15, 0.2) is 0 Å². The van der Waals surface area contributed by atoms with Gasteiger partial charge in [0.05, 0.1) is 33.1 Å². The van der Waals surface area contributed by atoms with Crippen molar-refractivity contribution < 1.29 is 0 Å². The molecule has 0 amide bonds. The molecule has 3 heteroatoms. The van der Waals surface area contributed by atoms with Crippen LogP contribution in [0.4, 0.5) is 0 Å². The van der Waals surface area contributed by atoms with Gasteiger partial charge in [-0.25, -0.2) is 0 Å². The number of aromatic nitrogens is 3. The molecule has 3 nitrogen and oxygen atoms in total. The normalized spacial score (nSPS) is 11.9. The fourth-order valence-electron chi connectivity index (χ4n) is 9.29. The molecule has 0 saturated carbocycles. The molecule has 0 unspecified atom stereocenters. The van der Waals surface area contributed by atoms with Crippen molar-refractivity contribution in [1.29, 1.82) is 0 Å². The average Bonchev–Trinajstić information content (AvgIpc) is 3.92. The number of fused-ring (bicyclic) bond motifs is 9. The minimum Gasteiger partial charge on any atom is -0.309 e. The summed E-state index contributed by atoms with van der Waals surface area (Å²) in [4.78, 5) is 0. The van der Waals surface area contributed by atoms with Crippen molar-refractivity contribution in [2.24, 2.45) is 0 Å². The van der Waals surface area contributed by atoms with Crippen LogP contribution in [0, 0.1) is 0 Å². The zero-order valence-electron chi connectivity index (χ0n) is 31.0. The Labute approximate surface area is 329 Å². The molecule has 266 valence electrons. The minimum absolute atomic E-state index is 1.13. The summed E-state index contributed by atoms with van der Waals surface area (Å²) in [5, 5.41) is 7.52. The standard InChI is InChI=1S/C54H35N3/c1-2-14-36(15-3-1)38-28-30-53-47(33-38)48-34-39(37-16-12-17-40(32-37)55-49-24-8-4-20-43(49)44-21-5-9-25-50(44)55)29-31-54(48)57(53)42-19-13-18-41(35-42)56-51-26-10-6-22-45(51)46-23-7-11-27-52(46)56/h1-35H. The molecule has 0 aliphatic carbocycles. The second-order valence-electron chi connectivity index (χ2n) is 15.0. The summed E-state index contributed by atoms with van der Waals surface area (Å²) in [7, 11) is 0. The van der Waals surface area contributed by atoms with Crippen molar-refractivity contribution in [2.45, 2.75) is 0 Å². The van der Waals surface area contributed by atoms with E-state index in [0.717, 1.165) is 17.1 Å². The van der Waals surface area contributed by atoms with Crippen LogP contribution in [0.5, 0.6) is 0 Å². The molecule has 0 spiro atoms. The van der Waals surface area contributed by atoms with Crippen LogP contribution in [0.1, 0.15) is 0 Å². The van der Waals surface area contributed by atoms with Gasteiger partial charge in [0.25, 0.3) is 0 Å². The van der Waals surface area contributed by atoms with Crippen LogP contribution in [0.2, 0.25) is 0 Å². The summed E-state index contributed by atoms with van der Waals surface area (Å²) in [6.07, 6.45) is 0. The Balaban J connectivity index is 1.06. The minimum atomic E-state index is 1.13. The third-order valence-electron chi connectivity index (χ3n) is 11.8. The van der Waals surface area contributed by atoms with E-state index in [-0.39, 0.29) is 0 Å². The lowest BCUT2D eigenvalue weighted by Crippen LogP contribution is -1.98. The fourth-order valence-corrected chi connectivity index (χ4v) is 9.29. The monoisotopic (exact) mass is 725 g/mol. The molecule has 0 radical (unpaired) electrons. The lowest BCUT2D eigenvalue weighted by Gasteiger charge is -2.13. The number of hydrogen-bond donors (Lipinski definition) is 0. The van der Waals surface area contributed by atoms with Gasteiger partial charge in [0, 0.05) is 49.4 Å². The van der Waals surface area contributed by atoms with Crippen LogP contribution in [0.3, 0.4) is 0 Å². The molecule has 0 fully saturated rings. The van der Waals surface area contributed by atoms with E-state index in [9.17, 15) is 0 Å². The molecular formula is C54H35N3. The first kappa shape index (κ1) is 31.7. The van der Waals surface area contributed by atoms with Crippen molar-refractivity contribution >= 4 is 65.4 Å². The van der Waals surface area contributed by atoms with Crippen molar-refractivity contribution in [3.8, 4) is 39.3 Å². The first-order valence-corrected chi connectivity index (χ1v) is 19.6. The smallest absolute Gasteiger partial charge is 0.0541 e. The van der Waals surface area contributed by atoms with Gasteiger partial charge in [-0.15, -0.1) is 0 Å². The van der Waals surface area contributed by atoms with E-state index in [4.69, 9.17) is 0 Å². The van der Waals surface area contributed by atoms with Gasteiger partial charge in [-0.2, -0.15) is 0 Å². The zero-order valence-corrected chi connectivity index (χ0v) is 31.0. The van der Waals surface area contributed by atoms with E-state index in [0.29, 0.717) is 0 Å². The molecule has 12 aromatic rings. The van der Waals surface area contributed by atoms with Crippen LogP contribution in [0.25, 0.3) is 105 Å². The molecule has 0 atom stereocenters.